The van der Waals surface area contributed by atoms with Crippen molar-refractivity contribution in [1.29, 1.82) is 0 Å². The lowest BCUT2D eigenvalue weighted by molar-refractivity contribution is -0.898. The van der Waals surface area contributed by atoms with Crippen molar-refractivity contribution in [2.45, 2.75) is 12.6 Å². The third-order valence-electron chi connectivity index (χ3n) is 2.24. The molecule has 0 amide bonds. The molecule has 1 atom stereocenters. The fraction of sp³-hybridized carbons (Fsp3) is 0.889. The SMILES string of the molecule is O=C([O-])C(F)(F)F.OCC[NH+]1CCCNCC1. The number of rotatable bonds is 2. The molecule has 0 radical (unpaired) electrons. The van der Waals surface area contributed by atoms with Gasteiger partial charge in [0.05, 0.1) is 19.7 Å². The zero-order valence-corrected chi connectivity index (χ0v) is 9.35. The molecule has 0 aliphatic carbocycles. The first kappa shape index (κ1) is 16.1. The van der Waals surface area contributed by atoms with Gasteiger partial charge in [0.1, 0.15) is 12.5 Å². The molecule has 0 saturated carbocycles. The Bertz CT molecular complexity index is 216. The summed E-state index contributed by atoms with van der Waals surface area (Å²) in [5.74, 6) is -3.01. The van der Waals surface area contributed by atoms with E-state index >= 15 is 0 Å². The molecule has 0 bridgehead atoms. The summed E-state index contributed by atoms with van der Waals surface area (Å²) in [6.07, 6.45) is -3.95. The number of quaternary nitrogens is 1. The number of alkyl halides is 3. The van der Waals surface area contributed by atoms with Crippen molar-refractivity contribution in [2.24, 2.45) is 0 Å². The molecule has 3 N–H and O–H groups in total. The minimum atomic E-state index is -5.19. The summed E-state index contributed by atoms with van der Waals surface area (Å²) >= 11 is 0. The van der Waals surface area contributed by atoms with E-state index in [2.05, 4.69) is 5.32 Å². The van der Waals surface area contributed by atoms with Crippen LogP contribution in [0.1, 0.15) is 6.42 Å². The topological polar surface area (TPSA) is 76.8 Å². The van der Waals surface area contributed by atoms with Crippen molar-refractivity contribution in [3.63, 3.8) is 0 Å². The Hall–Kier alpha value is -0.860. The summed E-state index contributed by atoms with van der Waals surface area (Å²) in [5, 5.41) is 20.8. The summed E-state index contributed by atoms with van der Waals surface area (Å²) in [6.45, 7) is 5.88. The number of carbonyl (C=O) groups excluding carboxylic acids is 1. The van der Waals surface area contributed by atoms with Gasteiger partial charge in [0, 0.05) is 19.5 Å². The first-order valence-electron chi connectivity index (χ1n) is 5.31. The van der Waals surface area contributed by atoms with Crippen LogP contribution < -0.4 is 15.3 Å². The number of aliphatic hydroxyl groups is 1. The van der Waals surface area contributed by atoms with Crippen LogP contribution in [0.2, 0.25) is 0 Å². The van der Waals surface area contributed by atoms with Gasteiger partial charge in [0.15, 0.2) is 0 Å². The maximum atomic E-state index is 10.5. The quantitative estimate of drug-likeness (QED) is 0.498. The Morgan fingerprint density at radius 1 is 1.35 bits per heavy atom. The Kier molecular flexibility index (Phi) is 7.85. The second-order valence-corrected chi connectivity index (χ2v) is 3.61. The maximum Gasteiger partial charge on any atom is 0.430 e. The van der Waals surface area contributed by atoms with E-state index in [1.54, 1.807) is 0 Å². The number of halogens is 3. The standard InChI is InChI=1S/C7H16N2O.C2HF3O2/c10-7-6-9-4-1-2-8-3-5-9;3-2(4,5)1(6)7/h8,10H,1-7H2;(H,6,7). The van der Waals surface area contributed by atoms with E-state index in [4.69, 9.17) is 15.0 Å². The van der Waals surface area contributed by atoms with E-state index in [-0.39, 0.29) is 0 Å². The zero-order valence-electron chi connectivity index (χ0n) is 9.35. The van der Waals surface area contributed by atoms with Crippen molar-refractivity contribution in [3.05, 3.63) is 0 Å². The number of carbonyl (C=O) groups is 1. The van der Waals surface area contributed by atoms with Gasteiger partial charge in [0.2, 0.25) is 0 Å². The molecule has 17 heavy (non-hydrogen) atoms. The number of aliphatic hydroxyl groups excluding tert-OH is 1. The van der Waals surface area contributed by atoms with Gasteiger partial charge in [-0.15, -0.1) is 0 Å². The van der Waals surface area contributed by atoms with Crippen LogP contribution in [0.25, 0.3) is 0 Å². The second kappa shape index (κ2) is 8.26. The molecular formula is C9H17F3N2O3. The van der Waals surface area contributed by atoms with Crippen LogP contribution in [-0.2, 0) is 4.79 Å². The molecule has 1 aliphatic rings. The van der Waals surface area contributed by atoms with E-state index in [0.29, 0.717) is 6.61 Å². The van der Waals surface area contributed by atoms with E-state index in [0.717, 1.165) is 19.6 Å². The van der Waals surface area contributed by atoms with Gasteiger partial charge in [-0.3, -0.25) is 0 Å². The third kappa shape index (κ3) is 8.90. The molecule has 0 spiro atoms. The predicted molar refractivity (Wildman–Crippen MR) is 51.2 cm³/mol. The minimum Gasteiger partial charge on any atom is -0.542 e. The highest BCUT2D eigenvalue weighted by Crippen LogP contribution is 2.11. The maximum absolute atomic E-state index is 10.5. The largest absolute Gasteiger partial charge is 0.542 e. The van der Waals surface area contributed by atoms with Gasteiger partial charge in [-0.25, -0.2) is 0 Å². The van der Waals surface area contributed by atoms with Crippen molar-refractivity contribution in [2.75, 3.05) is 39.3 Å². The number of hydrogen-bond donors (Lipinski definition) is 3. The third-order valence-corrected chi connectivity index (χ3v) is 2.24. The van der Waals surface area contributed by atoms with Crippen LogP contribution in [0, 0.1) is 0 Å². The zero-order chi connectivity index (χ0) is 13.3. The van der Waals surface area contributed by atoms with E-state index in [1.165, 1.54) is 24.4 Å². The van der Waals surface area contributed by atoms with Crippen LogP contribution in [0.5, 0.6) is 0 Å². The van der Waals surface area contributed by atoms with E-state index < -0.39 is 12.1 Å². The number of aliphatic carboxylic acids is 1. The van der Waals surface area contributed by atoms with Crippen molar-refractivity contribution < 1.29 is 33.1 Å². The molecule has 1 aliphatic heterocycles. The average Bonchev–Trinajstić information content (AvgIpc) is 2.46. The number of nitrogens with one attached hydrogen (secondary N) is 2. The molecule has 1 unspecified atom stereocenters. The first-order chi connectivity index (χ1) is 7.88. The number of hydrogen-bond acceptors (Lipinski definition) is 4. The van der Waals surface area contributed by atoms with Gasteiger partial charge >= 0.3 is 6.18 Å². The highest BCUT2D eigenvalue weighted by Gasteiger charge is 2.28. The minimum absolute atomic E-state index is 0.329. The summed E-state index contributed by atoms with van der Waals surface area (Å²) in [6, 6.07) is 0. The molecule has 1 saturated heterocycles. The van der Waals surface area contributed by atoms with Gasteiger partial charge in [-0.2, -0.15) is 13.2 Å². The van der Waals surface area contributed by atoms with Crippen LogP contribution in [-0.4, -0.2) is 56.6 Å². The highest BCUT2D eigenvalue weighted by molar-refractivity contribution is 5.70. The van der Waals surface area contributed by atoms with Gasteiger partial charge < -0.3 is 25.2 Å². The van der Waals surface area contributed by atoms with Crippen molar-refractivity contribution in [3.8, 4) is 0 Å². The van der Waals surface area contributed by atoms with Crippen LogP contribution >= 0.6 is 0 Å². The normalized spacial score (nSPS) is 21.1. The highest BCUT2D eigenvalue weighted by atomic mass is 19.4. The number of carboxylic acid groups (broad SMARTS) is 1. The van der Waals surface area contributed by atoms with Gasteiger partial charge in [0.25, 0.3) is 0 Å². The van der Waals surface area contributed by atoms with Gasteiger partial charge in [-0.05, 0) is 0 Å². The summed E-state index contributed by atoms with van der Waals surface area (Å²) < 4.78 is 31.5. The van der Waals surface area contributed by atoms with Gasteiger partial charge in [-0.1, -0.05) is 0 Å². The molecule has 0 aromatic carbocycles. The number of carboxylic acids is 1. The lowest BCUT2D eigenvalue weighted by Gasteiger charge is -2.14. The fourth-order valence-electron chi connectivity index (χ4n) is 1.39. The summed E-state index contributed by atoms with van der Waals surface area (Å²) in [4.78, 5) is 10.3. The Balaban J connectivity index is 0.000000325. The van der Waals surface area contributed by atoms with Crippen molar-refractivity contribution >= 4 is 5.97 Å². The monoisotopic (exact) mass is 258 g/mol. The molecule has 1 rings (SSSR count). The van der Waals surface area contributed by atoms with E-state index in [9.17, 15) is 13.2 Å². The second-order valence-electron chi connectivity index (χ2n) is 3.61. The molecule has 1 fully saturated rings. The Morgan fingerprint density at radius 2 is 1.94 bits per heavy atom. The summed E-state index contributed by atoms with van der Waals surface area (Å²) in [7, 11) is 0. The van der Waals surface area contributed by atoms with E-state index in [1.807, 2.05) is 0 Å². The summed E-state index contributed by atoms with van der Waals surface area (Å²) in [5.41, 5.74) is 0. The molecule has 1 heterocycles. The first-order valence-corrected chi connectivity index (χ1v) is 5.31. The van der Waals surface area contributed by atoms with Crippen molar-refractivity contribution in [1.82, 2.24) is 5.32 Å². The Morgan fingerprint density at radius 3 is 2.41 bits per heavy atom. The smallest absolute Gasteiger partial charge is 0.430 e. The molecule has 5 nitrogen and oxygen atoms in total. The lowest BCUT2D eigenvalue weighted by atomic mass is 10.4. The fourth-order valence-corrected chi connectivity index (χ4v) is 1.39. The molecule has 102 valence electrons. The predicted octanol–water partition coefficient (Wildman–Crippen LogP) is -2.84. The lowest BCUT2D eigenvalue weighted by Crippen LogP contribution is -3.12. The average molecular weight is 258 g/mol. The van der Waals surface area contributed by atoms with Crippen LogP contribution in [0.3, 0.4) is 0 Å². The molecule has 0 aromatic rings. The molecule has 0 aromatic heterocycles. The molecule has 8 heteroatoms. The Labute approximate surface area is 97.2 Å². The van der Waals surface area contributed by atoms with Crippen LogP contribution in [0.15, 0.2) is 0 Å². The van der Waals surface area contributed by atoms with Crippen LogP contribution in [0.4, 0.5) is 13.2 Å². The molecular weight excluding hydrogens is 241 g/mol.